The fourth-order valence-corrected chi connectivity index (χ4v) is 2.31. The van der Waals surface area contributed by atoms with Gasteiger partial charge in [0.2, 0.25) is 5.91 Å². The molecule has 6 heteroatoms. The standard InChI is InChI=1S/C12H15N5O/c1-17-6-8(2-3-10(17)18)16-12-9-4-5-13-11(9)14-7-15-12/h4-5,7-8H,2-3,6H2,1H3,(H2,13,14,15,16). The summed E-state index contributed by atoms with van der Waals surface area (Å²) in [5.41, 5.74) is 0.827. The summed E-state index contributed by atoms with van der Waals surface area (Å²) in [6.45, 7) is 0.717. The maximum Gasteiger partial charge on any atom is 0.222 e. The molecule has 0 saturated carbocycles. The van der Waals surface area contributed by atoms with Gasteiger partial charge < -0.3 is 15.2 Å². The number of nitrogens with zero attached hydrogens (tertiary/aromatic N) is 3. The molecule has 1 saturated heterocycles. The summed E-state index contributed by atoms with van der Waals surface area (Å²) in [5, 5.41) is 4.38. The molecule has 0 spiro atoms. The Morgan fingerprint density at radius 2 is 2.39 bits per heavy atom. The maximum absolute atomic E-state index is 11.4. The molecule has 0 bridgehead atoms. The van der Waals surface area contributed by atoms with E-state index in [-0.39, 0.29) is 11.9 Å². The fraction of sp³-hybridized carbons (Fsp3) is 0.417. The molecule has 3 rings (SSSR count). The average Bonchev–Trinajstić information content (AvgIpc) is 2.83. The molecule has 2 N–H and O–H groups in total. The number of rotatable bonds is 2. The van der Waals surface area contributed by atoms with E-state index in [1.54, 1.807) is 11.2 Å². The van der Waals surface area contributed by atoms with Crippen LogP contribution in [-0.2, 0) is 4.79 Å². The van der Waals surface area contributed by atoms with E-state index in [1.165, 1.54) is 0 Å². The number of amides is 1. The largest absolute Gasteiger partial charge is 0.365 e. The van der Waals surface area contributed by atoms with Crippen molar-refractivity contribution >= 4 is 22.8 Å². The molecular formula is C12H15N5O. The highest BCUT2D eigenvalue weighted by Crippen LogP contribution is 2.20. The van der Waals surface area contributed by atoms with E-state index < -0.39 is 0 Å². The summed E-state index contributed by atoms with van der Waals surface area (Å²) in [5.74, 6) is 1.04. The van der Waals surface area contributed by atoms with Gasteiger partial charge in [-0.1, -0.05) is 0 Å². The molecule has 2 aromatic heterocycles. The van der Waals surface area contributed by atoms with Crippen molar-refractivity contribution in [1.82, 2.24) is 19.9 Å². The third kappa shape index (κ3) is 1.90. The third-order valence-electron chi connectivity index (χ3n) is 3.32. The molecule has 1 atom stereocenters. The zero-order chi connectivity index (χ0) is 12.5. The molecule has 3 heterocycles. The van der Waals surface area contributed by atoms with Crippen LogP contribution >= 0.6 is 0 Å². The number of carbonyl (C=O) groups excluding carboxylic acids is 1. The number of piperidine rings is 1. The van der Waals surface area contributed by atoms with Gasteiger partial charge in [0, 0.05) is 32.3 Å². The number of aromatic nitrogens is 3. The lowest BCUT2D eigenvalue weighted by Crippen LogP contribution is -2.43. The van der Waals surface area contributed by atoms with Crippen molar-refractivity contribution < 1.29 is 4.79 Å². The summed E-state index contributed by atoms with van der Waals surface area (Å²) in [6, 6.07) is 2.20. The van der Waals surface area contributed by atoms with E-state index in [0.717, 1.165) is 29.8 Å². The molecular weight excluding hydrogens is 230 g/mol. The van der Waals surface area contributed by atoms with Crippen LogP contribution in [-0.4, -0.2) is 45.4 Å². The number of likely N-dealkylation sites (N-methyl/N-ethyl adjacent to an activating group) is 1. The van der Waals surface area contributed by atoms with Crippen molar-refractivity contribution in [1.29, 1.82) is 0 Å². The Bertz CT molecular complexity index is 579. The lowest BCUT2D eigenvalue weighted by Gasteiger charge is -2.30. The number of hydrogen-bond acceptors (Lipinski definition) is 4. The van der Waals surface area contributed by atoms with Crippen LogP contribution in [0.5, 0.6) is 0 Å². The predicted molar refractivity (Wildman–Crippen MR) is 68.2 cm³/mol. The number of H-pyrrole nitrogens is 1. The predicted octanol–water partition coefficient (Wildman–Crippen LogP) is 0.991. The highest BCUT2D eigenvalue weighted by Gasteiger charge is 2.23. The average molecular weight is 245 g/mol. The van der Waals surface area contributed by atoms with E-state index in [9.17, 15) is 4.79 Å². The van der Waals surface area contributed by atoms with Crippen LogP contribution in [0.15, 0.2) is 18.6 Å². The fourth-order valence-electron chi connectivity index (χ4n) is 2.31. The second kappa shape index (κ2) is 4.29. The SMILES string of the molecule is CN1CC(Nc2ncnc3[nH]ccc23)CCC1=O. The first-order valence-electron chi connectivity index (χ1n) is 6.02. The van der Waals surface area contributed by atoms with E-state index in [1.807, 2.05) is 19.3 Å². The Balaban J connectivity index is 1.80. The van der Waals surface area contributed by atoms with E-state index in [4.69, 9.17) is 0 Å². The number of hydrogen-bond donors (Lipinski definition) is 2. The van der Waals surface area contributed by atoms with Crippen molar-refractivity contribution in [2.75, 3.05) is 18.9 Å². The van der Waals surface area contributed by atoms with Gasteiger partial charge in [-0.05, 0) is 12.5 Å². The molecule has 1 amide bonds. The van der Waals surface area contributed by atoms with Crippen LogP contribution in [0.4, 0.5) is 5.82 Å². The van der Waals surface area contributed by atoms with Crippen LogP contribution in [0.1, 0.15) is 12.8 Å². The number of aromatic amines is 1. The second-order valence-corrected chi connectivity index (χ2v) is 4.62. The van der Waals surface area contributed by atoms with Crippen molar-refractivity contribution in [2.45, 2.75) is 18.9 Å². The first-order chi connectivity index (χ1) is 8.74. The first-order valence-corrected chi connectivity index (χ1v) is 6.02. The first kappa shape index (κ1) is 11.0. The van der Waals surface area contributed by atoms with Gasteiger partial charge in [-0.15, -0.1) is 0 Å². The van der Waals surface area contributed by atoms with Gasteiger partial charge in [0.1, 0.15) is 17.8 Å². The highest BCUT2D eigenvalue weighted by molar-refractivity contribution is 5.87. The van der Waals surface area contributed by atoms with Crippen molar-refractivity contribution in [2.24, 2.45) is 0 Å². The number of anilines is 1. The second-order valence-electron chi connectivity index (χ2n) is 4.62. The molecule has 0 aliphatic carbocycles. The van der Waals surface area contributed by atoms with Crippen LogP contribution in [0.2, 0.25) is 0 Å². The summed E-state index contributed by atoms with van der Waals surface area (Å²) in [6.07, 6.45) is 4.83. The monoisotopic (exact) mass is 245 g/mol. The normalized spacial score (nSPS) is 20.4. The Labute approximate surface area is 104 Å². The van der Waals surface area contributed by atoms with Gasteiger partial charge in [0.15, 0.2) is 0 Å². The van der Waals surface area contributed by atoms with E-state index >= 15 is 0 Å². The maximum atomic E-state index is 11.4. The molecule has 0 radical (unpaired) electrons. The molecule has 1 aliphatic heterocycles. The van der Waals surface area contributed by atoms with Crippen molar-refractivity contribution in [3.63, 3.8) is 0 Å². The summed E-state index contributed by atoms with van der Waals surface area (Å²) >= 11 is 0. The number of carbonyl (C=O) groups is 1. The topological polar surface area (TPSA) is 73.9 Å². The Hall–Kier alpha value is -2.11. The van der Waals surface area contributed by atoms with Gasteiger partial charge in [0.25, 0.3) is 0 Å². The summed E-state index contributed by atoms with van der Waals surface area (Å²) in [4.78, 5) is 24.7. The third-order valence-corrected chi connectivity index (χ3v) is 3.32. The zero-order valence-electron chi connectivity index (χ0n) is 10.2. The van der Waals surface area contributed by atoms with Crippen LogP contribution in [0.25, 0.3) is 11.0 Å². The van der Waals surface area contributed by atoms with Gasteiger partial charge in [-0.25, -0.2) is 9.97 Å². The number of fused-ring (bicyclic) bond motifs is 1. The van der Waals surface area contributed by atoms with Gasteiger partial charge in [0.05, 0.1) is 5.39 Å². The quantitative estimate of drug-likeness (QED) is 0.827. The Kier molecular flexibility index (Phi) is 2.62. The lowest BCUT2D eigenvalue weighted by molar-refractivity contribution is -0.132. The van der Waals surface area contributed by atoms with E-state index in [0.29, 0.717) is 6.42 Å². The molecule has 1 aliphatic rings. The van der Waals surface area contributed by atoms with Crippen molar-refractivity contribution in [3.05, 3.63) is 18.6 Å². The molecule has 1 fully saturated rings. The molecule has 0 aromatic carbocycles. The highest BCUT2D eigenvalue weighted by atomic mass is 16.2. The number of likely N-dealkylation sites (tertiary alicyclic amines) is 1. The molecule has 6 nitrogen and oxygen atoms in total. The molecule has 18 heavy (non-hydrogen) atoms. The van der Waals surface area contributed by atoms with Gasteiger partial charge >= 0.3 is 0 Å². The van der Waals surface area contributed by atoms with Crippen molar-refractivity contribution in [3.8, 4) is 0 Å². The summed E-state index contributed by atoms with van der Waals surface area (Å²) < 4.78 is 0. The minimum Gasteiger partial charge on any atom is -0.365 e. The minimum atomic E-state index is 0.211. The van der Waals surface area contributed by atoms with Crippen LogP contribution < -0.4 is 5.32 Å². The minimum absolute atomic E-state index is 0.211. The van der Waals surface area contributed by atoms with Gasteiger partial charge in [-0.3, -0.25) is 4.79 Å². The van der Waals surface area contributed by atoms with E-state index in [2.05, 4.69) is 20.3 Å². The molecule has 2 aromatic rings. The van der Waals surface area contributed by atoms with Gasteiger partial charge in [-0.2, -0.15) is 0 Å². The number of nitrogens with one attached hydrogen (secondary N) is 2. The van der Waals surface area contributed by atoms with Crippen LogP contribution in [0, 0.1) is 0 Å². The Morgan fingerprint density at radius 1 is 1.50 bits per heavy atom. The van der Waals surface area contributed by atoms with Crippen LogP contribution in [0.3, 0.4) is 0 Å². The zero-order valence-corrected chi connectivity index (χ0v) is 10.2. The Morgan fingerprint density at radius 3 is 3.22 bits per heavy atom. The smallest absolute Gasteiger partial charge is 0.222 e. The lowest BCUT2D eigenvalue weighted by atomic mass is 10.1. The molecule has 94 valence electrons. The summed E-state index contributed by atoms with van der Waals surface area (Å²) in [7, 11) is 1.84. The molecule has 1 unspecified atom stereocenters.